The van der Waals surface area contributed by atoms with Gasteiger partial charge < -0.3 is 25.2 Å². The topological polar surface area (TPSA) is 158 Å². The van der Waals surface area contributed by atoms with Gasteiger partial charge in [-0.25, -0.2) is 0 Å². The third kappa shape index (κ3) is 1.97. The number of ether oxygens (including phenoxy) is 1. The van der Waals surface area contributed by atoms with Crippen LogP contribution in [0.3, 0.4) is 0 Å². The normalized spacial score (nSPS) is 39.4. The van der Waals surface area contributed by atoms with E-state index in [1.165, 1.54) is 0 Å². The third-order valence-electron chi connectivity index (χ3n) is 3.98. The molecule has 9 heteroatoms. The van der Waals surface area contributed by atoms with Crippen molar-refractivity contribution in [1.29, 1.82) is 0 Å². The lowest BCUT2D eigenvalue weighted by atomic mass is 9.69. The second-order valence-electron chi connectivity index (χ2n) is 5.38. The molecule has 124 valence electrons. The maximum absolute atomic E-state index is 11.8. The van der Waals surface area contributed by atoms with E-state index in [4.69, 9.17) is 4.74 Å². The highest BCUT2D eigenvalue weighted by Gasteiger charge is 2.80. The number of carbonyl (C=O) groups is 4. The molecule has 0 saturated carbocycles. The van der Waals surface area contributed by atoms with E-state index in [-0.39, 0.29) is 0 Å². The number of carbonyl (C=O) groups excluding carboxylic acids is 4. The largest absolute Gasteiger partial charge is 0.382 e. The van der Waals surface area contributed by atoms with Crippen LogP contribution >= 0.6 is 0 Å². The molecular weight excluding hydrogens is 300 g/mol. The SMILES string of the molecule is CC(=O)C(O)[C@H]1OC(O)(C(C)=O)[C@@](O)(C(C)=O)[C@@]1(O)C(C)=O. The van der Waals surface area contributed by atoms with Gasteiger partial charge in [-0.1, -0.05) is 0 Å². The molecule has 0 aromatic carbocycles. The molecule has 1 rings (SSSR count). The Morgan fingerprint density at radius 1 is 0.909 bits per heavy atom. The van der Waals surface area contributed by atoms with Crippen molar-refractivity contribution in [1.82, 2.24) is 0 Å². The minimum Gasteiger partial charge on any atom is -0.382 e. The summed E-state index contributed by atoms with van der Waals surface area (Å²) in [6.07, 6.45) is -4.36. The van der Waals surface area contributed by atoms with Crippen molar-refractivity contribution < 1.29 is 44.3 Å². The zero-order chi connectivity index (χ0) is 17.7. The number of hydrogen-bond acceptors (Lipinski definition) is 9. The summed E-state index contributed by atoms with van der Waals surface area (Å²) in [5.41, 5.74) is -6.57. The van der Waals surface area contributed by atoms with Crippen LogP contribution < -0.4 is 0 Å². The molecule has 4 N–H and O–H groups in total. The molecule has 1 aliphatic heterocycles. The van der Waals surface area contributed by atoms with E-state index >= 15 is 0 Å². The quantitative estimate of drug-likeness (QED) is 0.421. The van der Waals surface area contributed by atoms with Gasteiger partial charge in [-0.2, -0.15) is 0 Å². The standard InChI is InChI=1S/C13H18O9/c1-5(14)9(18)10-11(19,6(2)15)12(20,7(3)16)13(21,22-10)8(4)17/h9-10,18-21H,1-4H3/t9?,10-,11-,12-,13?/m1/s1. The van der Waals surface area contributed by atoms with Crippen LogP contribution in [0.1, 0.15) is 27.7 Å². The third-order valence-corrected chi connectivity index (χ3v) is 3.98. The Balaban J connectivity index is 3.75. The molecule has 1 heterocycles. The Kier molecular flexibility index (Phi) is 4.45. The van der Waals surface area contributed by atoms with Gasteiger partial charge in [0, 0.05) is 6.92 Å². The number of aliphatic hydroxyl groups is 4. The van der Waals surface area contributed by atoms with E-state index in [2.05, 4.69) is 0 Å². The first-order valence-electron chi connectivity index (χ1n) is 6.35. The molecule has 22 heavy (non-hydrogen) atoms. The van der Waals surface area contributed by atoms with Gasteiger partial charge in [-0.15, -0.1) is 0 Å². The van der Waals surface area contributed by atoms with Crippen molar-refractivity contribution in [3.8, 4) is 0 Å². The van der Waals surface area contributed by atoms with Crippen LogP contribution in [0.25, 0.3) is 0 Å². The van der Waals surface area contributed by atoms with Crippen molar-refractivity contribution in [2.24, 2.45) is 0 Å². The van der Waals surface area contributed by atoms with Gasteiger partial charge in [-0.3, -0.25) is 19.2 Å². The van der Waals surface area contributed by atoms with E-state index in [1.807, 2.05) is 0 Å². The summed E-state index contributed by atoms with van der Waals surface area (Å²) in [6.45, 7) is 3.11. The molecule has 0 radical (unpaired) electrons. The van der Waals surface area contributed by atoms with Crippen LogP contribution in [0.2, 0.25) is 0 Å². The summed E-state index contributed by atoms with van der Waals surface area (Å²) in [4.78, 5) is 46.7. The molecule has 0 aromatic rings. The molecule has 1 aliphatic rings. The highest BCUT2D eigenvalue weighted by atomic mass is 16.7. The molecule has 0 spiro atoms. The first kappa shape index (κ1) is 18.5. The lowest BCUT2D eigenvalue weighted by Gasteiger charge is -2.39. The predicted molar refractivity (Wildman–Crippen MR) is 68.5 cm³/mol. The summed E-state index contributed by atoms with van der Waals surface area (Å²) in [7, 11) is 0. The molecule has 0 amide bonds. The molecule has 1 saturated heterocycles. The zero-order valence-electron chi connectivity index (χ0n) is 12.5. The first-order valence-corrected chi connectivity index (χ1v) is 6.35. The minimum absolute atomic E-state index is 0.716. The number of rotatable bonds is 5. The average Bonchev–Trinajstić information content (AvgIpc) is 2.59. The highest BCUT2D eigenvalue weighted by molar-refractivity contribution is 6.05. The average molecular weight is 318 g/mol. The molecule has 0 aromatic heterocycles. The van der Waals surface area contributed by atoms with Gasteiger partial charge in [0.25, 0.3) is 5.79 Å². The van der Waals surface area contributed by atoms with E-state index in [9.17, 15) is 39.6 Å². The fourth-order valence-electron chi connectivity index (χ4n) is 2.62. The van der Waals surface area contributed by atoms with Crippen molar-refractivity contribution >= 4 is 23.1 Å². The second-order valence-corrected chi connectivity index (χ2v) is 5.38. The molecule has 1 fully saturated rings. The fraction of sp³-hybridized carbons (Fsp3) is 0.692. The summed E-state index contributed by atoms with van der Waals surface area (Å²) >= 11 is 0. The Morgan fingerprint density at radius 3 is 1.64 bits per heavy atom. The monoisotopic (exact) mass is 318 g/mol. The minimum atomic E-state index is -3.38. The van der Waals surface area contributed by atoms with Crippen LogP contribution in [0.15, 0.2) is 0 Å². The molecule has 2 unspecified atom stereocenters. The number of ketones is 4. The number of Topliss-reactive ketones (excluding diaryl/α,β-unsaturated/α-hetero) is 4. The smallest absolute Gasteiger partial charge is 0.267 e. The molecular formula is C13H18O9. The zero-order valence-corrected chi connectivity index (χ0v) is 12.5. The lowest BCUT2D eigenvalue weighted by molar-refractivity contribution is -0.250. The maximum atomic E-state index is 11.8. The van der Waals surface area contributed by atoms with Crippen LogP contribution in [0.5, 0.6) is 0 Å². The Hall–Kier alpha value is -1.52. The van der Waals surface area contributed by atoms with Gasteiger partial charge in [0.15, 0.2) is 28.7 Å². The first-order chi connectivity index (χ1) is 9.78. The van der Waals surface area contributed by atoms with Gasteiger partial charge >= 0.3 is 0 Å². The van der Waals surface area contributed by atoms with Crippen LogP contribution in [0, 0.1) is 0 Å². The second kappa shape index (κ2) is 5.28. The highest BCUT2D eigenvalue weighted by Crippen LogP contribution is 2.48. The fourth-order valence-corrected chi connectivity index (χ4v) is 2.62. The van der Waals surface area contributed by atoms with Gasteiger partial charge in [0.2, 0.25) is 5.60 Å². The van der Waals surface area contributed by atoms with Gasteiger partial charge in [0.05, 0.1) is 0 Å². The molecule has 0 bridgehead atoms. The summed E-state index contributed by atoms with van der Waals surface area (Å²) in [5.74, 6) is -8.17. The Bertz CT molecular complexity index is 556. The van der Waals surface area contributed by atoms with Crippen molar-refractivity contribution in [2.75, 3.05) is 0 Å². The van der Waals surface area contributed by atoms with Crippen LogP contribution in [-0.4, -0.2) is 72.8 Å². The van der Waals surface area contributed by atoms with Gasteiger partial charge in [0.1, 0.15) is 12.2 Å². The van der Waals surface area contributed by atoms with E-state index < -0.39 is 52.3 Å². The Labute approximate surface area is 125 Å². The van der Waals surface area contributed by atoms with E-state index in [0.29, 0.717) is 6.92 Å². The lowest BCUT2D eigenvalue weighted by Crippen LogP contribution is -2.73. The molecule has 9 nitrogen and oxygen atoms in total. The number of aliphatic hydroxyl groups excluding tert-OH is 1. The summed E-state index contributed by atoms with van der Waals surface area (Å²) in [6, 6.07) is 0. The van der Waals surface area contributed by atoms with Crippen molar-refractivity contribution in [3.05, 3.63) is 0 Å². The molecule has 5 atom stereocenters. The van der Waals surface area contributed by atoms with Crippen LogP contribution in [0.4, 0.5) is 0 Å². The van der Waals surface area contributed by atoms with Crippen molar-refractivity contribution in [2.45, 2.75) is 56.9 Å². The van der Waals surface area contributed by atoms with E-state index in [1.54, 1.807) is 0 Å². The maximum Gasteiger partial charge on any atom is 0.267 e. The van der Waals surface area contributed by atoms with Gasteiger partial charge in [-0.05, 0) is 20.8 Å². The van der Waals surface area contributed by atoms with Crippen molar-refractivity contribution in [3.63, 3.8) is 0 Å². The summed E-state index contributed by atoms with van der Waals surface area (Å²) < 4.78 is 4.78. The van der Waals surface area contributed by atoms with E-state index in [0.717, 1.165) is 20.8 Å². The Morgan fingerprint density at radius 2 is 1.36 bits per heavy atom. The summed E-state index contributed by atoms with van der Waals surface area (Å²) in [5, 5.41) is 41.1. The predicted octanol–water partition coefficient (Wildman–Crippen LogP) is -2.75. The number of hydrogen-bond donors (Lipinski definition) is 4. The molecule has 0 aliphatic carbocycles. The van der Waals surface area contributed by atoms with Crippen LogP contribution in [-0.2, 0) is 23.9 Å².